The van der Waals surface area contributed by atoms with Crippen molar-refractivity contribution in [1.29, 1.82) is 0 Å². The highest BCUT2D eigenvalue weighted by molar-refractivity contribution is 5.68. The van der Waals surface area contributed by atoms with Gasteiger partial charge in [0.1, 0.15) is 12.4 Å². The number of aliphatic hydroxyl groups is 1. The first-order chi connectivity index (χ1) is 10.1. The van der Waals surface area contributed by atoms with Crippen molar-refractivity contribution in [3.8, 4) is 11.4 Å². The zero-order valence-corrected chi connectivity index (χ0v) is 11.2. The normalized spacial score (nSPS) is 10.8. The van der Waals surface area contributed by atoms with Gasteiger partial charge >= 0.3 is 0 Å². The molecule has 0 aliphatic rings. The third-order valence-corrected chi connectivity index (χ3v) is 2.88. The summed E-state index contributed by atoms with van der Waals surface area (Å²) < 4.78 is 19.8. The molecule has 0 amide bonds. The Hall–Kier alpha value is -2.39. The Kier molecular flexibility index (Phi) is 4.55. The fraction of sp³-hybridized carbons (Fsp3) is 0.333. The van der Waals surface area contributed by atoms with Gasteiger partial charge in [0.2, 0.25) is 0 Å². The lowest BCUT2D eigenvalue weighted by atomic mass is 10.1. The number of methoxy groups -OCH3 is 1. The van der Waals surface area contributed by atoms with Crippen LogP contribution in [-0.4, -0.2) is 38.5 Å². The van der Waals surface area contributed by atoms with Crippen molar-refractivity contribution in [3.63, 3.8) is 0 Å². The average Bonchev–Trinajstić information content (AvgIpc) is 2.87. The summed E-state index contributed by atoms with van der Waals surface area (Å²) in [6.45, 7) is 0.184. The van der Waals surface area contributed by atoms with Crippen molar-refractivity contribution in [2.45, 2.75) is 13.2 Å². The highest BCUT2D eigenvalue weighted by Crippen LogP contribution is 2.29. The Labute approximate surface area is 119 Å². The van der Waals surface area contributed by atoms with Crippen molar-refractivity contribution >= 4 is 5.69 Å². The summed E-state index contributed by atoms with van der Waals surface area (Å²) in [5.41, 5.74) is -0.282. The second kappa shape index (κ2) is 6.37. The van der Waals surface area contributed by atoms with Crippen molar-refractivity contribution in [2.24, 2.45) is 0 Å². The van der Waals surface area contributed by atoms with Crippen LogP contribution in [0.3, 0.4) is 0 Å². The Morgan fingerprint density at radius 3 is 2.86 bits per heavy atom. The molecule has 2 aromatic rings. The third kappa shape index (κ3) is 3.03. The van der Waals surface area contributed by atoms with Gasteiger partial charge in [-0.25, -0.2) is 4.39 Å². The number of aromatic nitrogens is 3. The predicted molar refractivity (Wildman–Crippen MR) is 69.9 cm³/mol. The Morgan fingerprint density at radius 1 is 1.48 bits per heavy atom. The first kappa shape index (κ1) is 15.0. The van der Waals surface area contributed by atoms with E-state index >= 15 is 0 Å². The molecule has 0 fully saturated rings. The minimum absolute atomic E-state index is 0.00306. The van der Waals surface area contributed by atoms with Crippen LogP contribution in [0.15, 0.2) is 18.2 Å². The molecule has 0 atom stereocenters. The quantitative estimate of drug-likeness (QED) is 0.633. The Balaban J connectivity index is 2.58. The van der Waals surface area contributed by atoms with Gasteiger partial charge in [0, 0.05) is 19.7 Å². The first-order valence-electron chi connectivity index (χ1n) is 6.04. The van der Waals surface area contributed by atoms with Gasteiger partial charge in [-0.15, -0.1) is 10.2 Å². The minimum Gasteiger partial charge on any atom is -0.388 e. The number of halogens is 1. The van der Waals surface area contributed by atoms with E-state index in [1.54, 1.807) is 0 Å². The molecule has 1 heterocycles. The number of hydrogen-bond donors (Lipinski definition) is 1. The van der Waals surface area contributed by atoms with Crippen LogP contribution in [0, 0.1) is 15.9 Å². The highest BCUT2D eigenvalue weighted by Gasteiger charge is 2.22. The number of benzene rings is 1. The van der Waals surface area contributed by atoms with Crippen LogP contribution in [0.5, 0.6) is 0 Å². The second-order valence-corrected chi connectivity index (χ2v) is 4.16. The topological polar surface area (TPSA) is 103 Å². The Morgan fingerprint density at radius 2 is 2.24 bits per heavy atom. The molecule has 0 saturated heterocycles. The van der Waals surface area contributed by atoms with Crippen LogP contribution in [-0.2, 0) is 17.9 Å². The molecule has 0 aliphatic carbocycles. The molecule has 2 rings (SSSR count). The SMILES string of the molecule is COCCn1c(CO)nnc1-c1cc(F)ccc1[N+](=O)[O-]. The van der Waals surface area contributed by atoms with Gasteiger partial charge in [-0.05, 0) is 12.1 Å². The smallest absolute Gasteiger partial charge is 0.280 e. The molecular weight excluding hydrogens is 283 g/mol. The van der Waals surface area contributed by atoms with E-state index < -0.39 is 10.7 Å². The fourth-order valence-electron chi connectivity index (χ4n) is 1.92. The lowest BCUT2D eigenvalue weighted by Crippen LogP contribution is -2.10. The summed E-state index contributed by atoms with van der Waals surface area (Å²) in [5, 5.41) is 27.9. The monoisotopic (exact) mass is 296 g/mol. The van der Waals surface area contributed by atoms with Gasteiger partial charge < -0.3 is 14.4 Å². The van der Waals surface area contributed by atoms with E-state index in [2.05, 4.69) is 10.2 Å². The van der Waals surface area contributed by atoms with E-state index in [1.165, 1.54) is 11.7 Å². The molecule has 0 aliphatic heterocycles. The number of nitro groups is 1. The molecule has 0 saturated carbocycles. The Bertz CT molecular complexity index is 659. The lowest BCUT2D eigenvalue weighted by Gasteiger charge is -2.09. The van der Waals surface area contributed by atoms with Crippen LogP contribution in [0.1, 0.15) is 5.82 Å². The lowest BCUT2D eigenvalue weighted by molar-refractivity contribution is -0.384. The first-order valence-corrected chi connectivity index (χ1v) is 6.04. The molecule has 1 N–H and O–H groups in total. The maximum Gasteiger partial charge on any atom is 0.280 e. The van der Waals surface area contributed by atoms with Crippen molar-refractivity contribution in [3.05, 3.63) is 40.0 Å². The zero-order chi connectivity index (χ0) is 15.4. The van der Waals surface area contributed by atoms with E-state index in [9.17, 15) is 19.6 Å². The number of ether oxygens (including phenoxy) is 1. The largest absolute Gasteiger partial charge is 0.388 e. The maximum atomic E-state index is 13.4. The summed E-state index contributed by atoms with van der Waals surface area (Å²) in [4.78, 5) is 10.4. The van der Waals surface area contributed by atoms with Crippen LogP contribution in [0.25, 0.3) is 11.4 Å². The van der Waals surface area contributed by atoms with E-state index in [-0.39, 0.29) is 36.1 Å². The van der Waals surface area contributed by atoms with E-state index in [0.717, 1.165) is 18.2 Å². The molecule has 112 valence electrons. The second-order valence-electron chi connectivity index (χ2n) is 4.16. The molecular formula is C12H13FN4O4. The van der Waals surface area contributed by atoms with Crippen LogP contribution >= 0.6 is 0 Å². The number of rotatable bonds is 6. The van der Waals surface area contributed by atoms with Crippen molar-refractivity contribution < 1.29 is 19.2 Å². The van der Waals surface area contributed by atoms with Gasteiger partial charge in [-0.2, -0.15) is 0 Å². The molecule has 1 aromatic heterocycles. The van der Waals surface area contributed by atoms with Crippen LogP contribution < -0.4 is 0 Å². The van der Waals surface area contributed by atoms with Crippen LogP contribution in [0.2, 0.25) is 0 Å². The summed E-state index contributed by atoms with van der Waals surface area (Å²) in [6, 6.07) is 3.09. The number of nitro benzene ring substituents is 1. The van der Waals surface area contributed by atoms with Gasteiger partial charge in [0.25, 0.3) is 5.69 Å². The molecule has 0 spiro atoms. The molecule has 0 bridgehead atoms. The van der Waals surface area contributed by atoms with Gasteiger partial charge in [0.05, 0.1) is 17.1 Å². The molecule has 8 nitrogen and oxygen atoms in total. The average molecular weight is 296 g/mol. The van der Waals surface area contributed by atoms with E-state index in [0.29, 0.717) is 6.61 Å². The van der Waals surface area contributed by atoms with Gasteiger partial charge in [0.15, 0.2) is 11.6 Å². The zero-order valence-electron chi connectivity index (χ0n) is 11.2. The van der Waals surface area contributed by atoms with Crippen LogP contribution in [0.4, 0.5) is 10.1 Å². The standard InChI is InChI=1S/C12H13FN4O4/c1-21-5-4-16-11(7-18)14-15-12(16)9-6-8(13)2-3-10(9)17(19)20/h2-3,6,18H,4-5,7H2,1H3. The van der Waals surface area contributed by atoms with Gasteiger partial charge in [-0.3, -0.25) is 10.1 Å². The predicted octanol–water partition coefficient (Wildman–Crippen LogP) is 1.13. The van der Waals surface area contributed by atoms with Crippen molar-refractivity contribution in [2.75, 3.05) is 13.7 Å². The highest BCUT2D eigenvalue weighted by atomic mass is 19.1. The van der Waals surface area contributed by atoms with Gasteiger partial charge in [-0.1, -0.05) is 0 Å². The molecule has 9 heteroatoms. The molecule has 0 unspecified atom stereocenters. The number of nitrogens with zero attached hydrogens (tertiary/aromatic N) is 4. The fourth-order valence-corrected chi connectivity index (χ4v) is 1.92. The molecule has 0 radical (unpaired) electrons. The van der Waals surface area contributed by atoms with E-state index in [1.807, 2.05) is 0 Å². The van der Waals surface area contributed by atoms with Crippen molar-refractivity contribution in [1.82, 2.24) is 14.8 Å². The summed E-state index contributed by atoms with van der Waals surface area (Å²) in [7, 11) is 1.49. The summed E-state index contributed by atoms with van der Waals surface area (Å²) in [6.07, 6.45) is 0. The maximum absolute atomic E-state index is 13.4. The van der Waals surface area contributed by atoms with E-state index in [4.69, 9.17) is 4.74 Å². The number of aliphatic hydroxyl groups excluding tert-OH is 1. The summed E-state index contributed by atoms with van der Waals surface area (Å²) in [5.74, 6) is -0.287. The number of hydrogen-bond acceptors (Lipinski definition) is 6. The summed E-state index contributed by atoms with van der Waals surface area (Å²) >= 11 is 0. The minimum atomic E-state index is -0.623. The third-order valence-electron chi connectivity index (χ3n) is 2.88. The molecule has 21 heavy (non-hydrogen) atoms. The molecule has 1 aromatic carbocycles.